The van der Waals surface area contributed by atoms with Crippen molar-refractivity contribution < 1.29 is 14.6 Å². The minimum Gasteiger partial charge on any atom is -0.504 e. The van der Waals surface area contributed by atoms with E-state index in [2.05, 4.69) is 5.32 Å². The maximum Gasteiger partial charge on any atom is 0.217 e. The number of phenolic OH excluding ortho intramolecular Hbond substituents is 1. The van der Waals surface area contributed by atoms with Crippen molar-refractivity contribution in [1.29, 1.82) is 0 Å². The first kappa shape index (κ1) is 12.4. The summed E-state index contributed by atoms with van der Waals surface area (Å²) < 4.78 is 5.27. The van der Waals surface area contributed by atoms with E-state index in [1.165, 1.54) is 6.92 Å². The second-order valence-corrected chi connectivity index (χ2v) is 3.58. The van der Waals surface area contributed by atoms with E-state index in [-0.39, 0.29) is 17.7 Å². The van der Waals surface area contributed by atoms with Crippen molar-refractivity contribution in [3.63, 3.8) is 0 Å². The molecule has 0 saturated heterocycles. The lowest BCUT2D eigenvalue weighted by atomic mass is 10.1. The molecule has 0 heterocycles. The Bertz CT molecular complexity index is 377. The number of carbonyl (C=O) groups is 1. The summed E-state index contributed by atoms with van der Waals surface area (Å²) in [5.74, 6) is 0.469. The zero-order chi connectivity index (χ0) is 12.1. The summed E-state index contributed by atoms with van der Waals surface area (Å²) in [5, 5.41) is 12.3. The molecule has 1 aromatic rings. The maximum absolute atomic E-state index is 10.9. The molecule has 88 valence electrons. The third-order valence-electron chi connectivity index (χ3n) is 2.20. The summed E-state index contributed by atoms with van der Waals surface area (Å²) in [6.07, 6.45) is 0. The first-order chi connectivity index (χ1) is 7.54. The van der Waals surface area contributed by atoms with Crippen LogP contribution in [0.2, 0.25) is 0 Å². The smallest absolute Gasteiger partial charge is 0.217 e. The minimum atomic E-state index is -0.0997. The molecule has 1 aromatic carbocycles. The zero-order valence-electron chi connectivity index (χ0n) is 9.78. The number of ether oxygens (including phenoxy) is 1. The highest BCUT2D eigenvalue weighted by Crippen LogP contribution is 2.29. The van der Waals surface area contributed by atoms with Crippen LogP contribution < -0.4 is 10.1 Å². The molecule has 1 atom stereocenters. The molecule has 0 radical (unpaired) electrons. The molecule has 0 aliphatic heterocycles. The van der Waals surface area contributed by atoms with Crippen LogP contribution in [0.3, 0.4) is 0 Å². The highest BCUT2D eigenvalue weighted by atomic mass is 16.5. The fourth-order valence-corrected chi connectivity index (χ4v) is 1.46. The van der Waals surface area contributed by atoms with Gasteiger partial charge in [-0.3, -0.25) is 4.79 Å². The van der Waals surface area contributed by atoms with Crippen molar-refractivity contribution in [2.75, 3.05) is 6.61 Å². The van der Waals surface area contributed by atoms with Crippen LogP contribution in [0.4, 0.5) is 0 Å². The van der Waals surface area contributed by atoms with Crippen LogP contribution >= 0.6 is 0 Å². The molecule has 1 unspecified atom stereocenters. The maximum atomic E-state index is 10.9. The largest absolute Gasteiger partial charge is 0.504 e. The second kappa shape index (κ2) is 5.39. The van der Waals surface area contributed by atoms with Crippen LogP contribution in [0.15, 0.2) is 18.2 Å². The molecule has 1 amide bonds. The van der Waals surface area contributed by atoms with Crippen LogP contribution in [0, 0.1) is 0 Å². The standard InChI is InChI=1S/C12H17NO3/c1-4-16-12-7-10(5-6-11(12)15)8(2)13-9(3)14/h5-8,15H,4H2,1-3H3,(H,13,14). The van der Waals surface area contributed by atoms with Gasteiger partial charge in [-0.1, -0.05) is 6.07 Å². The number of amides is 1. The highest BCUT2D eigenvalue weighted by Gasteiger charge is 2.10. The van der Waals surface area contributed by atoms with Crippen molar-refractivity contribution in [2.24, 2.45) is 0 Å². The van der Waals surface area contributed by atoms with Gasteiger partial charge in [-0.25, -0.2) is 0 Å². The first-order valence-electron chi connectivity index (χ1n) is 5.27. The third-order valence-corrected chi connectivity index (χ3v) is 2.20. The van der Waals surface area contributed by atoms with Gasteiger partial charge in [0.2, 0.25) is 5.91 Å². The third kappa shape index (κ3) is 3.15. The van der Waals surface area contributed by atoms with E-state index in [1.54, 1.807) is 18.2 Å². The van der Waals surface area contributed by atoms with Gasteiger partial charge in [0.25, 0.3) is 0 Å². The molecule has 0 saturated carbocycles. The number of carbonyl (C=O) groups excluding carboxylic acids is 1. The molecular weight excluding hydrogens is 206 g/mol. The normalized spacial score (nSPS) is 11.9. The number of hydrogen-bond donors (Lipinski definition) is 2. The Morgan fingerprint density at radius 3 is 2.81 bits per heavy atom. The van der Waals surface area contributed by atoms with Gasteiger partial charge in [0.15, 0.2) is 11.5 Å². The molecule has 0 bridgehead atoms. The van der Waals surface area contributed by atoms with Crippen molar-refractivity contribution in [1.82, 2.24) is 5.32 Å². The van der Waals surface area contributed by atoms with E-state index in [9.17, 15) is 9.90 Å². The molecule has 0 aromatic heterocycles. The molecule has 4 nitrogen and oxygen atoms in total. The van der Waals surface area contributed by atoms with Gasteiger partial charge in [0.05, 0.1) is 12.6 Å². The topological polar surface area (TPSA) is 58.6 Å². The average Bonchev–Trinajstić information content (AvgIpc) is 2.20. The minimum absolute atomic E-state index is 0.0847. The van der Waals surface area contributed by atoms with Gasteiger partial charge in [-0.2, -0.15) is 0 Å². The highest BCUT2D eigenvalue weighted by molar-refractivity contribution is 5.73. The monoisotopic (exact) mass is 223 g/mol. The molecule has 0 spiro atoms. The summed E-state index contributed by atoms with van der Waals surface area (Å²) in [7, 11) is 0. The predicted molar refractivity (Wildman–Crippen MR) is 61.5 cm³/mol. The molecule has 4 heteroatoms. The van der Waals surface area contributed by atoms with Crippen LogP contribution in [-0.2, 0) is 4.79 Å². The summed E-state index contributed by atoms with van der Waals surface area (Å²) in [6, 6.07) is 4.97. The van der Waals surface area contributed by atoms with Crippen molar-refractivity contribution in [3.8, 4) is 11.5 Å². The molecular formula is C12H17NO3. The fraction of sp³-hybridized carbons (Fsp3) is 0.417. The lowest BCUT2D eigenvalue weighted by Crippen LogP contribution is -2.23. The molecule has 2 N–H and O–H groups in total. The summed E-state index contributed by atoms with van der Waals surface area (Å²) in [5.41, 5.74) is 0.899. The van der Waals surface area contributed by atoms with Crippen molar-refractivity contribution in [2.45, 2.75) is 26.8 Å². The van der Waals surface area contributed by atoms with Crippen LogP contribution in [0.25, 0.3) is 0 Å². The lowest BCUT2D eigenvalue weighted by molar-refractivity contribution is -0.119. The van der Waals surface area contributed by atoms with Crippen LogP contribution in [-0.4, -0.2) is 17.6 Å². The Balaban J connectivity index is 2.88. The number of nitrogens with one attached hydrogen (secondary N) is 1. The predicted octanol–water partition coefficient (Wildman–Crippen LogP) is 1.99. The molecule has 0 aliphatic rings. The van der Waals surface area contributed by atoms with Crippen molar-refractivity contribution in [3.05, 3.63) is 23.8 Å². The Morgan fingerprint density at radius 2 is 2.25 bits per heavy atom. The van der Waals surface area contributed by atoms with E-state index in [0.29, 0.717) is 12.4 Å². The Hall–Kier alpha value is -1.71. The summed E-state index contributed by atoms with van der Waals surface area (Å²) in [4.78, 5) is 10.9. The van der Waals surface area contributed by atoms with E-state index < -0.39 is 0 Å². The molecule has 16 heavy (non-hydrogen) atoms. The summed E-state index contributed by atoms with van der Waals surface area (Å²) >= 11 is 0. The van der Waals surface area contributed by atoms with E-state index in [0.717, 1.165) is 5.56 Å². The van der Waals surface area contributed by atoms with Crippen LogP contribution in [0.1, 0.15) is 32.4 Å². The molecule has 1 rings (SSSR count). The number of aromatic hydroxyl groups is 1. The fourth-order valence-electron chi connectivity index (χ4n) is 1.46. The number of hydrogen-bond acceptors (Lipinski definition) is 3. The number of phenols is 1. The Labute approximate surface area is 95.2 Å². The average molecular weight is 223 g/mol. The van der Waals surface area contributed by atoms with E-state index >= 15 is 0 Å². The molecule has 0 fully saturated rings. The van der Waals surface area contributed by atoms with Crippen molar-refractivity contribution >= 4 is 5.91 Å². The SMILES string of the molecule is CCOc1cc(C(C)NC(C)=O)ccc1O. The zero-order valence-corrected chi connectivity index (χ0v) is 9.78. The quantitative estimate of drug-likeness (QED) is 0.820. The van der Waals surface area contributed by atoms with Gasteiger partial charge in [0, 0.05) is 6.92 Å². The summed E-state index contributed by atoms with van der Waals surface area (Å²) in [6.45, 7) is 5.69. The van der Waals surface area contributed by atoms with Gasteiger partial charge in [-0.15, -0.1) is 0 Å². The first-order valence-corrected chi connectivity index (χ1v) is 5.27. The van der Waals surface area contributed by atoms with Gasteiger partial charge in [-0.05, 0) is 31.5 Å². The van der Waals surface area contributed by atoms with Gasteiger partial charge in [0.1, 0.15) is 0 Å². The number of benzene rings is 1. The lowest BCUT2D eigenvalue weighted by Gasteiger charge is -2.14. The Kier molecular flexibility index (Phi) is 4.17. The van der Waals surface area contributed by atoms with Crippen LogP contribution in [0.5, 0.6) is 11.5 Å². The Morgan fingerprint density at radius 1 is 1.56 bits per heavy atom. The van der Waals surface area contributed by atoms with E-state index in [1.807, 2.05) is 13.8 Å². The molecule has 0 aliphatic carbocycles. The number of rotatable bonds is 4. The second-order valence-electron chi connectivity index (χ2n) is 3.58. The van der Waals surface area contributed by atoms with E-state index in [4.69, 9.17) is 4.74 Å². The van der Waals surface area contributed by atoms with Gasteiger partial charge < -0.3 is 15.2 Å². The van der Waals surface area contributed by atoms with Gasteiger partial charge >= 0.3 is 0 Å².